The van der Waals surface area contributed by atoms with E-state index >= 15 is 0 Å². The molecule has 0 amide bonds. The molecule has 0 heterocycles. The van der Waals surface area contributed by atoms with Crippen LogP contribution in [0, 0.1) is 13.8 Å². The normalized spacial score (nSPS) is 10.3. The second-order valence-electron chi connectivity index (χ2n) is 15.6. The van der Waals surface area contributed by atoms with Crippen LogP contribution < -0.4 is 23.8 Å². The third-order valence-electron chi connectivity index (χ3n) is 10.6. The Balaban J connectivity index is 1.25. The van der Waals surface area contributed by atoms with Crippen molar-refractivity contribution in [2.75, 3.05) is 4.90 Å². The molecule has 0 saturated carbocycles. The molecule has 0 atom stereocenters. The summed E-state index contributed by atoms with van der Waals surface area (Å²) in [6.45, 7) is 18.1. The SMILES string of the molecule is C=CC(=O)Oc1ccc(C(=Cc2ccc(N(c3ccc(C=C(c4ccc(OC(=O)C=C)cc4)c4ccc(OC(=O)C=C)cc4)cc3)c3cc(C)cc(C)c3)cc2)c2ccc(OC(=O)C=C)cc2)cc1. The van der Waals surface area contributed by atoms with Crippen LogP contribution in [0.25, 0.3) is 23.3 Å². The van der Waals surface area contributed by atoms with Crippen LogP contribution in [0.5, 0.6) is 23.0 Å². The Labute approximate surface area is 401 Å². The zero-order chi connectivity index (χ0) is 48.9. The highest BCUT2D eigenvalue weighted by Gasteiger charge is 2.16. The number of hydrogen-bond acceptors (Lipinski definition) is 9. The van der Waals surface area contributed by atoms with Gasteiger partial charge < -0.3 is 23.8 Å². The molecular formula is C60H47NO8. The first-order valence-corrected chi connectivity index (χ1v) is 21.7. The van der Waals surface area contributed by atoms with E-state index in [1.165, 1.54) is 0 Å². The molecule has 0 aliphatic carbocycles. The van der Waals surface area contributed by atoms with Crippen LogP contribution in [0.4, 0.5) is 17.1 Å². The number of rotatable bonds is 17. The molecule has 69 heavy (non-hydrogen) atoms. The molecule has 0 bridgehead atoms. The average Bonchev–Trinajstić information content (AvgIpc) is 3.36. The van der Waals surface area contributed by atoms with E-state index in [0.29, 0.717) is 23.0 Å². The Kier molecular flexibility index (Phi) is 15.3. The molecule has 0 radical (unpaired) electrons. The van der Waals surface area contributed by atoms with E-state index in [0.717, 1.165) is 97.0 Å². The van der Waals surface area contributed by atoms with Crippen molar-refractivity contribution in [3.63, 3.8) is 0 Å². The van der Waals surface area contributed by atoms with E-state index in [1.54, 1.807) is 48.5 Å². The van der Waals surface area contributed by atoms with Gasteiger partial charge in [-0.2, -0.15) is 0 Å². The highest BCUT2D eigenvalue weighted by atomic mass is 16.5. The number of nitrogens with zero attached hydrogens (tertiary/aromatic N) is 1. The van der Waals surface area contributed by atoms with Crippen LogP contribution >= 0.6 is 0 Å². The lowest BCUT2D eigenvalue weighted by atomic mass is 9.95. The van der Waals surface area contributed by atoms with Crippen LogP contribution in [-0.4, -0.2) is 23.9 Å². The van der Waals surface area contributed by atoms with E-state index in [2.05, 4.69) is 124 Å². The monoisotopic (exact) mass is 909 g/mol. The zero-order valence-corrected chi connectivity index (χ0v) is 38.1. The van der Waals surface area contributed by atoms with E-state index < -0.39 is 23.9 Å². The smallest absolute Gasteiger partial charge is 0.335 e. The third-order valence-corrected chi connectivity index (χ3v) is 10.6. The highest BCUT2D eigenvalue weighted by molar-refractivity contribution is 5.94. The standard InChI is InChI=1S/C60H47NO8/c1-7-57(62)66-51-27-15-44(16-28-51)55(45-17-29-52(30-18-45)67-58(63)8-2)38-42-11-23-48(24-12-42)61(50-36-40(5)35-41(6)37-50)49-25-13-43(14-26-49)39-56(46-19-31-53(32-20-46)68-59(64)9-3)47-21-33-54(34-22-47)69-60(65)10-4/h7-39H,1-4H2,5-6H3. The Morgan fingerprint density at radius 1 is 0.362 bits per heavy atom. The summed E-state index contributed by atoms with van der Waals surface area (Å²) in [6.07, 6.45) is 8.59. The minimum atomic E-state index is -0.552. The van der Waals surface area contributed by atoms with Crippen molar-refractivity contribution in [1.29, 1.82) is 0 Å². The number of anilines is 3. The van der Waals surface area contributed by atoms with Gasteiger partial charge in [-0.25, -0.2) is 19.2 Å². The largest absolute Gasteiger partial charge is 0.423 e. The molecule has 7 aromatic carbocycles. The molecule has 9 nitrogen and oxygen atoms in total. The fraction of sp³-hybridized carbons (Fsp3) is 0.0333. The number of hydrogen-bond donors (Lipinski definition) is 0. The molecule has 7 aromatic rings. The predicted molar refractivity (Wildman–Crippen MR) is 274 cm³/mol. The number of aryl methyl sites for hydroxylation is 2. The number of ether oxygens (including phenoxy) is 4. The van der Waals surface area contributed by atoms with Gasteiger partial charge in [0.1, 0.15) is 23.0 Å². The summed E-state index contributed by atoms with van der Waals surface area (Å²) in [6, 6.07) is 51.8. The van der Waals surface area contributed by atoms with Crippen molar-refractivity contribution < 1.29 is 38.1 Å². The van der Waals surface area contributed by atoms with Gasteiger partial charge in [-0.05, 0) is 167 Å². The topological polar surface area (TPSA) is 108 Å². The molecule has 0 spiro atoms. The van der Waals surface area contributed by atoms with Gasteiger partial charge in [-0.1, -0.05) is 105 Å². The molecule has 0 fully saturated rings. The minimum Gasteiger partial charge on any atom is -0.423 e. The number of benzene rings is 7. The first-order chi connectivity index (χ1) is 33.4. The zero-order valence-electron chi connectivity index (χ0n) is 38.1. The van der Waals surface area contributed by atoms with Crippen molar-refractivity contribution >= 4 is 64.2 Å². The number of esters is 4. The molecule has 0 aromatic heterocycles. The Morgan fingerprint density at radius 3 is 0.870 bits per heavy atom. The summed E-state index contributed by atoms with van der Waals surface area (Å²) in [5.41, 5.74) is 12.1. The summed E-state index contributed by atoms with van der Waals surface area (Å²) in [7, 11) is 0. The van der Waals surface area contributed by atoms with Gasteiger partial charge in [0, 0.05) is 41.4 Å². The molecule has 0 aliphatic heterocycles. The van der Waals surface area contributed by atoms with Crippen LogP contribution in [0.15, 0.2) is 214 Å². The summed E-state index contributed by atoms with van der Waals surface area (Å²) < 4.78 is 21.3. The van der Waals surface area contributed by atoms with Gasteiger partial charge in [0.2, 0.25) is 0 Å². The average molecular weight is 910 g/mol. The maximum absolute atomic E-state index is 11.9. The van der Waals surface area contributed by atoms with E-state index in [4.69, 9.17) is 18.9 Å². The number of carbonyl (C=O) groups excluding carboxylic acids is 4. The van der Waals surface area contributed by atoms with Crippen LogP contribution in [0.1, 0.15) is 44.5 Å². The van der Waals surface area contributed by atoms with Crippen LogP contribution in [-0.2, 0) is 19.2 Å². The van der Waals surface area contributed by atoms with Gasteiger partial charge in [0.25, 0.3) is 0 Å². The maximum atomic E-state index is 11.9. The maximum Gasteiger partial charge on any atom is 0.335 e. The second kappa shape index (κ2) is 22.2. The first-order valence-electron chi connectivity index (χ1n) is 21.7. The summed E-state index contributed by atoms with van der Waals surface area (Å²) in [4.78, 5) is 49.8. The van der Waals surface area contributed by atoms with Gasteiger partial charge >= 0.3 is 23.9 Å². The van der Waals surface area contributed by atoms with Crippen molar-refractivity contribution in [3.05, 3.63) is 259 Å². The lowest BCUT2D eigenvalue weighted by Crippen LogP contribution is -2.10. The Morgan fingerprint density at radius 2 is 0.623 bits per heavy atom. The minimum absolute atomic E-state index is 0.384. The molecule has 9 heteroatoms. The molecule has 340 valence electrons. The number of carbonyl (C=O) groups is 4. The van der Waals surface area contributed by atoms with Crippen molar-refractivity contribution in [2.24, 2.45) is 0 Å². The summed E-state index contributed by atoms with van der Waals surface area (Å²) in [5, 5.41) is 0. The van der Waals surface area contributed by atoms with E-state index in [-0.39, 0.29) is 0 Å². The second-order valence-corrected chi connectivity index (χ2v) is 15.6. The van der Waals surface area contributed by atoms with Gasteiger partial charge in [0.05, 0.1) is 0 Å². The van der Waals surface area contributed by atoms with Crippen molar-refractivity contribution in [1.82, 2.24) is 0 Å². The van der Waals surface area contributed by atoms with E-state index in [1.807, 2.05) is 48.5 Å². The lowest BCUT2D eigenvalue weighted by Gasteiger charge is -2.26. The Bertz CT molecular complexity index is 2760. The molecule has 0 N–H and O–H groups in total. The third kappa shape index (κ3) is 12.5. The lowest BCUT2D eigenvalue weighted by molar-refractivity contribution is -0.129. The summed E-state index contributed by atoms with van der Waals surface area (Å²) >= 11 is 0. The van der Waals surface area contributed by atoms with Crippen molar-refractivity contribution in [3.8, 4) is 23.0 Å². The summed E-state index contributed by atoms with van der Waals surface area (Å²) in [5.74, 6) is -0.672. The quantitative estimate of drug-likeness (QED) is 0.0382. The van der Waals surface area contributed by atoms with Gasteiger partial charge in [0.15, 0.2) is 0 Å². The fourth-order valence-electron chi connectivity index (χ4n) is 7.41. The van der Waals surface area contributed by atoms with Gasteiger partial charge in [-0.15, -0.1) is 0 Å². The van der Waals surface area contributed by atoms with Crippen LogP contribution in [0.2, 0.25) is 0 Å². The van der Waals surface area contributed by atoms with Crippen molar-refractivity contribution in [2.45, 2.75) is 13.8 Å². The highest BCUT2D eigenvalue weighted by Crippen LogP contribution is 2.38. The molecule has 0 unspecified atom stereocenters. The van der Waals surface area contributed by atoms with E-state index in [9.17, 15) is 19.2 Å². The first kappa shape index (κ1) is 47.6. The molecule has 7 rings (SSSR count). The fourth-order valence-corrected chi connectivity index (χ4v) is 7.41. The molecule has 0 saturated heterocycles. The molecular weight excluding hydrogens is 863 g/mol. The Hall–Kier alpha value is -9.34. The van der Waals surface area contributed by atoms with Gasteiger partial charge in [-0.3, -0.25) is 0 Å². The predicted octanol–water partition coefficient (Wildman–Crippen LogP) is 13.3. The molecule has 0 aliphatic rings. The van der Waals surface area contributed by atoms with Crippen LogP contribution in [0.3, 0.4) is 0 Å².